The van der Waals surface area contributed by atoms with Crippen molar-refractivity contribution in [2.75, 3.05) is 11.9 Å². The molecule has 2 rings (SSSR count). The number of hydrogen-bond donors (Lipinski definition) is 2. The summed E-state index contributed by atoms with van der Waals surface area (Å²) >= 11 is 0. The van der Waals surface area contributed by atoms with Crippen LogP contribution in [0.25, 0.3) is 0 Å². The first kappa shape index (κ1) is 14.3. The highest BCUT2D eigenvalue weighted by atomic mass is 16.4. The smallest absolute Gasteiger partial charge is 0.311 e. The molecule has 20 heavy (non-hydrogen) atoms. The average molecular weight is 273 g/mol. The van der Waals surface area contributed by atoms with Gasteiger partial charge in [0.25, 0.3) is 0 Å². The van der Waals surface area contributed by atoms with Crippen molar-refractivity contribution in [2.45, 2.75) is 39.0 Å². The van der Waals surface area contributed by atoms with Crippen molar-refractivity contribution >= 4 is 11.8 Å². The molecule has 0 unspecified atom stereocenters. The van der Waals surface area contributed by atoms with Gasteiger partial charge in [-0.1, -0.05) is 19.3 Å². The molecule has 2 N–H and O–H groups in total. The number of carboxylic acids is 1. The summed E-state index contributed by atoms with van der Waals surface area (Å²) in [6.45, 7) is 2.18. The number of aryl methyl sites for hydroxylation is 1. The van der Waals surface area contributed by atoms with Crippen LogP contribution in [0, 0.1) is 23.7 Å². The molecule has 1 aliphatic carbocycles. The molecule has 0 aliphatic heterocycles. The third-order valence-electron chi connectivity index (χ3n) is 3.95. The number of nitrogens with zero attached hydrogens (tertiary/aromatic N) is 2. The highest BCUT2D eigenvalue weighted by molar-refractivity contribution is 5.75. The summed E-state index contributed by atoms with van der Waals surface area (Å²) in [7, 11) is 0. The summed E-state index contributed by atoms with van der Waals surface area (Å²) in [5.74, 6) is -0.161. The number of nitrogens with one attached hydrogen (secondary N) is 1. The maximum atomic E-state index is 11.6. The molecule has 1 aliphatic rings. The largest absolute Gasteiger partial charge is 0.481 e. The summed E-state index contributed by atoms with van der Waals surface area (Å²) in [6.07, 6.45) is 4.42. The Bertz CT molecular complexity index is 543. The molecule has 1 fully saturated rings. The van der Waals surface area contributed by atoms with E-state index in [0.717, 1.165) is 25.0 Å². The lowest BCUT2D eigenvalue weighted by Crippen LogP contribution is -2.39. The first-order chi connectivity index (χ1) is 9.55. The van der Waals surface area contributed by atoms with Crippen molar-refractivity contribution in [3.8, 4) is 6.07 Å². The van der Waals surface area contributed by atoms with Crippen LogP contribution in [0.4, 0.5) is 5.82 Å². The van der Waals surface area contributed by atoms with Crippen molar-refractivity contribution < 1.29 is 9.90 Å². The third kappa shape index (κ3) is 3.08. The zero-order chi connectivity index (χ0) is 14.6. The van der Waals surface area contributed by atoms with E-state index in [0.29, 0.717) is 30.8 Å². The molecule has 0 amide bonds. The minimum Gasteiger partial charge on any atom is -0.481 e. The number of aliphatic carboxylic acids is 1. The van der Waals surface area contributed by atoms with Gasteiger partial charge in [0.15, 0.2) is 0 Å². The predicted molar refractivity (Wildman–Crippen MR) is 75.3 cm³/mol. The van der Waals surface area contributed by atoms with Gasteiger partial charge in [-0.25, -0.2) is 4.98 Å². The lowest BCUT2D eigenvalue weighted by molar-refractivity contribution is -0.150. The Labute approximate surface area is 118 Å². The number of hydrogen-bond acceptors (Lipinski definition) is 4. The number of aromatic nitrogens is 1. The summed E-state index contributed by atoms with van der Waals surface area (Å²) in [4.78, 5) is 15.9. The summed E-state index contributed by atoms with van der Waals surface area (Å²) in [6, 6.07) is 5.45. The second-order valence-electron chi connectivity index (χ2n) is 5.49. The van der Waals surface area contributed by atoms with Crippen LogP contribution in [-0.2, 0) is 4.79 Å². The normalized spacial score (nSPS) is 17.2. The van der Waals surface area contributed by atoms with Crippen molar-refractivity contribution in [1.82, 2.24) is 4.98 Å². The fourth-order valence-corrected chi connectivity index (χ4v) is 2.78. The second-order valence-corrected chi connectivity index (χ2v) is 5.49. The molecule has 0 atom stereocenters. The molecule has 1 aromatic rings. The van der Waals surface area contributed by atoms with Crippen LogP contribution < -0.4 is 5.32 Å². The second kappa shape index (κ2) is 5.91. The van der Waals surface area contributed by atoms with Crippen molar-refractivity contribution in [3.05, 3.63) is 23.4 Å². The highest BCUT2D eigenvalue weighted by Crippen LogP contribution is 2.36. The quantitative estimate of drug-likeness (QED) is 0.880. The van der Waals surface area contributed by atoms with Crippen LogP contribution in [0.1, 0.15) is 43.4 Å². The molecule has 0 saturated heterocycles. The van der Waals surface area contributed by atoms with E-state index in [1.165, 1.54) is 0 Å². The minimum atomic E-state index is -0.738. The minimum absolute atomic E-state index is 0.365. The fourth-order valence-electron chi connectivity index (χ4n) is 2.78. The van der Waals surface area contributed by atoms with Crippen LogP contribution in [0.3, 0.4) is 0 Å². The van der Waals surface area contributed by atoms with Crippen LogP contribution in [0.15, 0.2) is 12.1 Å². The Morgan fingerprint density at radius 1 is 1.45 bits per heavy atom. The Morgan fingerprint density at radius 3 is 2.75 bits per heavy atom. The van der Waals surface area contributed by atoms with Gasteiger partial charge in [0.05, 0.1) is 17.0 Å². The van der Waals surface area contributed by atoms with Gasteiger partial charge in [-0.3, -0.25) is 4.79 Å². The van der Waals surface area contributed by atoms with Gasteiger partial charge in [-0.2, -0.15) is 5.26 Å². The number of carbonyl (C=O) groups is 1. The van der Waals surface area contributed by atoms with E-state index >= 15 is 0 Å². The van der Waals surface area contributed by atoms with Crippen LogP contribution in [0.2, 0.25) is 0 Å². The Balaban J connectivity index is 2.12. The van der Waals surface area contributed by atoms with Crippen molar-refractivity contribution in [2.24, 2.45) is 5.41 Å². The zero-order valence-corrected chi connectivity index (χ0v) is 11.6. The van der Waals surface area contributed by atoms with E-state index in [2.05, 4.69) is 16.4 Å². The topological polar surface area (TPSA) is 86.0 Å². The molecule has 1 aromatic heterocycles. The van der Waals surface area contributed by atoms with Gasteiger partial charge in [-0.15, -0.1) is 0 Å². The highest BCUT2D eigenvalue weighted by Gasteiger charge is 2.39. The van der Waals surface area contributed by atoms with Gasteiger partial charge in [0.1, 0.15) is 5.82 Å². The maximum absolute atomic E-state index is 11.6. The number of anilines is 1. The number of rotatable bonds is 4. The molecular weight excluding hydrogens is 254 g/mol. The summed E-state index contributed by atoms with van der Waals surface area (Å²) in [5.41, 5.74) is 0.587. The van der Waals surface area contributed by atoms with E-state index in [1.807, 2.05) is 6.92 Å². The van der Waals surface area contributed by atoms with Gasteiger partial charge in [-0.05, 0) is 31.9 Å². The van der Waals surface area contributed by atoms with Crippen molar-refractivity contribution in [3.63, 3.8) is 0 Å². The zero-order valence-electron chi connectivity index (χ0n) is 11.6. The number of carboxylic acid groups (broad SMARTS) is 1. The molecule has 1 saturated carbocycles. The van der Waals surface area contributed by atoms with Crippen LogP contribution in [-0.4, -0.2) is 22.6 Å². The first-order valence-electron chi connectivity index (χ1n) is 6.92. The third-order valence-corrected chi connectivity index (χ3v) is 3.95. The molecule has 0 radical (unpaired) electrons. The van der Waals surface area contributed by atoms with E-state index in [1.54, 1.807) is 12.1 Å². The van der Waals surface area contributed by atoms with Gasteiger partial charge in [0, 0.05) is 12.2 Å². The molecule has 0 aromatic carbocycles. The van der Waals surface area contributed by atoms with E-state index in [4.69, 9.17) is 5.26 Å². The van der Waals surface area contributed by atoms with Crippen LogP contribution >= 0.6 is 0 Å². The number of nitriles is 1. The Hall–Kier alpha value is -2.09. The molecule has 0 spiro atoms. The molecule has 1 heterocycles. The first-order valence-corrected chi connectivity index (χ1v) is 6.92. The standard InChI is InChI=1S/C15H19N3O2/c1-11-7-12(9-16)8-13(18-11)17-10-15(14(19)20)5-3-2-4-6-15/h7-8H,2-6,10H2,1H3,(H,17,18)(H,19,20). The lowest BCUT2D eigenvalue weighted by atomic mass is 9.74. The van der Waals surface area contributed by atoms with E-state index in [9.17, 15) is 9.90 Å². The molecular formula is C15H19N3O2. The average Bonchev–Trinajstić information content (AvgIpc) is 2.45. The predicted octanol–water partition coefficient (Wildman–Crippen LogP) is 2.71. The molecule has 5 nitrogen and oxygen atoms in total. The number of pyridine rings is 1. The maximum Gasteiger partial charge on any atom is 0.311 e. The molecule has 5 heteroatoms. The van der Waals surface area contributed by atoms with E-state index in [-0.39, 0.29) is 0 Å². The van der Waals surface area contributed by atoms with Gasteiger partial charge in [0.2, 0.25) is 0 Å². The Morgan fingerprint density at radius 2 is 2.15 bits per heavy atom. The van der Waals surface area contributed by atoms with Gasteiger partial charge < -0.3 is 10.4 Å². The summed E-state index contributed by atoms with van der Waals surface area (Å²) < 4.78 is 0. The molecule has 0 bridgehead atoms. The lowest BCUT2D eigenvalue weighted by Gasteiger charge is -2.33. The summed E-state index contributed by atoms with van der Waals surface area (Å²) in [5, 5.41) is 21.6. The SMILES string of the molecule is Cc1cc(C#N)cc(NCC2(C(=O)O)CCCCC2)n1. The van der Waals surface area contributed by atoms with Crippen molar-refractivity contribution in [1.29, 1.82) is 5.26 Å². The fraction of sp³-hybridized carbons (Fsp3) is 0.533. The van der Waals surface area contributed by atoms with E-state index < -0.39 is 11.4 Å². The van der Waals surface area contributed by atoms with Crippen LogP contribution in [0.5, 0.6) is 0 Å². The molecule has 106 valence electrons. The van der Waals surface area contributed by atoms with Gasteiger partial charge >= 0.3 is 5.97 Å². The monoisotopic (exact) mass is 273 g/mol. The Kier molecular flexibility index (Phi) is 4.23.